The molecule has 1 unspecified atom stereocenters. The lowest BCUT2D eigenvalue weighted by molar-refractivity contribution is -0.0693. The molecule has 0 spiro atoms. The molecule has 1 aromatic heterocycles. The highest BCUT2D eigenvalue weighted by Crippen LogP contribution is 2.06. The molecule has 4 N–H and O–H groups in total. The molecule has 2 heterocycles. The summed E-state index contributed by atoms with van der Waals surface area (Å²) in [4.78, 5) is 3.95. The molecule has 2 rings (SSSR count). The van der Waals surface area contributed by atoms with Crippen LogP contribution in [-0.2, 0) is 0 Å². The zero-order valence-electron chi connectivity index (χ0n) is 8.85. The molecule has 1 aliphatic heterocycles. The lowest BCUT2D eigenvalue weighted by Gasteiger charge is -2.15. The highest BCUT2D eigenvalue weighted by atomic mass is 16.5. The van der Waals surface area contributed by atoms with E-state index in [-0.39, 0.29) is 12.0 Å². The van der Waals surface area contributed by atoms with Crippen LogP contribution in [-0.4, -0.2) is 40.3 Å². The van der Waals surface area contributed by atoms with Crippen LogP contribution >= 0.6 is 0 Å². The van der Waals surface area contributed by atoms with E-state index in [1.54, 1.807) is 18.5 Å². The van der Waals surface area contributed by atoms with Crippen molar-refractivity contribution in [2.45, 2.75) is 12.5 Å². The summed E-state index contributed by atoms with van der Waals surface area (Å²) in [5.41, 5.74) is 0.777. The maximum absolute atomic E-state index is 9.19. The molecule has 86 valence electrons. The van der Waals surface area contributed by atoms with Crippen LogP contribution in [0.3, 0.4) is 0 Å². The molecular weight excluding hydrogens is 206 g/mol. The first kappa shape index (κ1) is 10.8. The van der Waals surface area contributed by atoms with Gasteiger partial charge >= 0.3 is 0 Å². The fraction of sp³-hybridized carbons (Fsp3) is 0.400. The van der Waals surface area contributed by atoms with Crippen LogP contribution in [0.25, 0.3) is 0 Å². The predicted octanol–water partition coefficient (Wildman–Crippen LogP) is 0.481. The third-order valence-electron chi connectivity index (χ3n) is 2.45. The smallest absolute Gasteiger partial charge is 0.193 e. The molecule has 6 nitrogen and oxygen atoms in total. The fourth-order valence-electron chi connectivity index (χ4n) is 1.68. The van der Waals surface area contributed by atoms with Crippen molar-refractivity contribution in [3.05, 3.63) is 24.5 Å². The Morgan fingerprint density at radius 3 is 3.12 bits per heavy atom. The zero-order chi connectivity index (χ0) is 11.4. The van der Waals surface area contributed by atoms with Crippen LogP contribution in [0.15, 0.2) is 24.5 Å². The third kappa shape index (κ3) is 2.91. The quantitative estimate of drug-likeness (QED) is 0.431. The molecule has 0 saturated carbocycles. The highest BCUT2D eigenvalue weighted by Gasteiger charge is 2.21. The number of nitrogens with one attached hydrogen (secondary N) is 3. The third-order valence-corrected chi connectivity index (χ3v) is 2.45. The average molecular weight is 221 g/mol. The van der Waals surface area contributed by atoms with E-state index in [9.17, 15) is 5.21 Å². The number of hydroxylamine groups is 2. The van der Waals surface area contributed by atoms with Gasteiger partial charge in [0.05, 0.1) is 11.9 Å². The zero-order valence-corrected chi connectivity index (χ0v) is 8.85. The SMILES string of the molecule is N=C(Nc1cccnc1)NC1CCN(O)C1. The molecule has 1 aliphatic rings. The topological polar surface area (TPSA) is 84.3 Å². The van der Waals surface area contributed by atoms with Crippen molar-refractivity contribution in [1.82, 2.24) is 15.4 Å². The average Bonchev–Trinajstić information content (AvgIpc) is 2.65. The lowest BCUT2D eigenvalue weighted by Crippen LogP contribution is -2.39. The lowest BCUT2D eigenvalue weighted by atomic mass is 10.3. The van der Waals surface area contributed by atoms with E-state index in [1.165, 1.54) is 5.06 Å². The minimum Gasteiger partial charge on any atom is -0.352 e. The first-order valence-electron chi connectivity index (χ1n) is 5.20. The second-order valence-corrected chi connectivity index (χ2v) is 3.78. The van der Waals surface area contributed by atoms with Gasteiger partial charge in [0.1, 0.15) is 0 Å². The van der Waals surface area contributed by atoms with E-state index in [1.807, 2.05) is 6.07 Å². The number of aromatic nitrogens is 1. The molecule has 6 heteroatoms. The summed E-state index contributed by atoms with van der Waals surface area (Å²) in [5.74, 6) is 0.230. The second-order valence-electron chi connectivity index (χ2n) is 3.78. The van der Waals surface area contributed by atoms with Crippen molar-refractivity contribution < 1.29 is 5.21 Å². The van der Waals surface area contributed by atoms with Gasteiger partial charge in [0, 0.05) is 25.3 Å². The summed E-state index contributed by atoms with van der Waals surface area (Å²) in [6, 6.07) is 3.78. The van der Waals surface area contributed by atoms with Crippen LogP contribution in [0.5, 0.6) is 0 Å². The Hall–Kier alpha value is -1.66. The number of nitrogens with zero attached hydrogens (tertiary/aromatic N) is 2. The van der Waals surface area contributed by atoms with Crippen molar-refractivity contribution >= 4 is 11.6 Å². The minimum atomic E-state index is 0.127. The minimum absolute atomic E-state index is 0.127. The van der Waals surface area contributed by atoms with Gasteiger partial charge in [0.25, 0.3) is 0 Å². The fourth-order valence-corrected chi connectivity index (χ4v) is 1.68. The Kier molecular flexibility index (Phi) is 3.33. The molecular formula is C10H15N5O. The van der Waals surface area contributed by atoms with E-state index < -0.39 is 0 Å². The summed E-state index contributed by atoms with van der Waals surface area (Å²) in [6.45, 7) is 1.20. The van der Waals surface area contributed by atoms with Crippen LogP contribution in [0.1, 0.15) is 6.42 Å². The van der Waals surface area contributed by atoms with Gasteiger partial charge in [-0.05, 0) is 18.6 Å². The van der Waals surface area contributed by atoms with E-state index >= 15 is 0 Å². The highest BCUT2D eigenvalue weighted by molar-refractivity contribution is 5.91. The monoisotopic (exact) mass is 221 g/mol. The molecule has 0 aliphatic carbocycles. The second kappa shape index (κ2) is 4.91. The van der Waals surface area contributed by atoms with Gasteiger partial charge in [-0.1, -0.05) is 0 Å². The van der Waals surface area contributed by atoms with Crippen LogP contribution < -0.4 is 10.6 Å². The van der Waals surface area contributed by atoms with Crippen molar-refractivity contribution in [2.24, 2.45) is 0 Å². The number of guanidine groups is 1. The van der Waals surface area contributed by atoms with Gasteiger partial charge in [-0.2, -0.15) is 5.06 Å². The standard InChI is InChI=1S/C10H15N5O/c11-10(13-8-2-1-4-12-6-8)14-9-3-5-15(16)7-9/h1-2,4,6,9,16H,3,5,7H2,(H3,11,13,14). The summed E-state index contributed by atoms with van der Waals surface area (Å²) in [6.07, 6.45) is 4.18. The predicted molar refractivity (Wildman–Crippen MR) is 60.5 cm³/mol. The Morgan fingerprint density at radius 2 is 2.50 bits per heavy atom. The molecule has 0 bridgehead atoms. The summed E-state index contributed by atoms with van der Waals surface area (Å²) >= 11 is 0. The number of pyridine rings is 1. The largest absolute Gasteiger partial charge is 0.352 e. The van der Waals surface area contributed by atoms with E-state index in [0.717, 1.165) is 12.1 Å². The summed E-state index contributed by atoms with van der Waals surface area (Å²) in [7, 11) is 0. The number of hydrogen-bond donors (Lipinski definition) is 4. The van der Waals surface area contributed by atoms with Crippen LogP contribution in [0, 0.1) is 5.41 Å². The van der Waals surface area contributed by atoms with Gasteiger partial charge in [0.2, 0.25) is 0 Å². The molecule has 1 saturated heterocycles. The summed E-state index contributed by atoms with van der Waals surface area (Å²) < 4.78 is 0. The normalized spacial score (nSPS) is 20.7. The van der Waals surface area contributed by atoms with E-state index in [0.29, 0.717) is 13.1 Å². The molecule has 16 heavy (non-hydrogen) atoms. The van der Waals surface area contributed by atoms with Crippen molar-refractivity contribution in [3.63, 3.8) is 0 Å². The van der Waals surface area contributed by atoms with E-state index in [4.69, 9.17) is 5.41 Å². The van der Waals surface area contributed by atoms with Crippen LogP contribution in [0.4, 0.5) is 5.69 Å². The van der Waals surface area contributed by atoms with Gasteiger partial charge in [0.15, 0.2) is 5.96 Å². The number of hydrogen-bond acceptors (Lipinski definition) is 4. The van der Waals surface area contributed by atoms with Gasteiger partial charge in [-0.25, -0.2) is 0 Å². The molecule has 0 aromatic carbocycles. The van der Waals surface area contributed by atoms with Crippen molar-refractivity contribution in [3.8, 4) is 0 Å². The van der Waals surface area contributed by atoms with Crippen molar-refractivity contribution in [2.75, 3.05) is 18.4 Å². The Morgan fingerprint density at radius 1 is 1.62 bits per heavy atom. The first-order valence-corrected chi connectivity index (χ1v) is 5.20. The number of rotatable bonds is 2. The maximum Gasteiger partial charge on any atom is 0.193 e. The molecule has 1 fully saturated rings. The van der Waals surface area contributed by atoms with Crippen LogP contribution in [0.2, 0.25) is 0 Å². The number of anilines is 1. The molecule has 0 radical (unpaired) electrons. The van der Waals surface area contributed by atoms with Gasteiger partial charge in [-0.15, -0.1) is 0 Å². The Balaban J connectivity index is 1.81. The van der Waals surface area contributed by atoms with Gasteiger partial charge < -0.3 is 15.8 Å². The molecule has 1 atom stereocenters. The Labute approximate surface area is 93.8 Å². The first-order chi connectivity index (χ1) is 7.74. The molecule has 1 aromatic rings. The summed E-state index contributed by atoms with van der Waals surface area (Å²) in [5, 5.41) is 24.1. The maximum atomic E-state index is 9.19. The van der Waals surface area contributed by atoms with Gasteiger partial charge in [-0.3, -0.25) is 10.4 Å². The van der Waals surface area contributed by atoms with E-state index in [2.05, 4.69) is 15.6 Å². The Bertz CT molecular complexity index is 355. The molecule has 0 amide bonds. The van der Waals surface area contributed by atoms with Crippen molar-refractivity contribution in [1.29, 1.82) is 5.41 Å².